The first-order chi connectivity index (χ1) is 11.9. The molecule has 0 amide bonds. The van der Waals surface area contributed by atoms with Crippen LogP contribution in [0.5, 0.6) is 0 Å². The smallest absolute Gasteiger partial charge is 0.334 e. The summed E-state index contributed by atoms with van der Waals surface area (Å²) in [5.41, 5.74) is 2.74. The van der Waals surface area contributed by atoms with Gasteiger partial charge in [0.25, 0.3) is 0 Å². The summed E-state index contributed by atoms with van der Waals surface area (Å²) in [5.74, 6) is 2.13. The molecule has 6 atom stereocenters. The predicted octanol–water partition coefficient (Wildman–Crippen LogP) is 6.41. The molecule has 25 heavy (non-hydrogen) atoms. The number of esters is 1. The van der Waals surface area contributed by atoms with Gasteiger partial charge in [-0.2, -0.15) is 0 Å². The van der Waals surface area contributed by atoms with Crippen molar-refractivity contribution in [3.63, 3.8) is 0 Å². The van der Waals surface area contributed by atoms with Crippen molar-refractivity contribution in [2.24, 2.45) is 29.1 Å². The summed E-state index contributed by atoms with van der Waals surface area (Å²) >= 11 is 3.61. The van der Waals surface area contributed by atoms with Crippen LogP contribution in [0, 0.1) is 29.1 Å². The zero-order valence-corrected chi connectivity index (χ0v) is 17.6. The number of allylic oxidation sites excluding steroid dienone is 1. The van der Waals surface area contributed by atoms with Crippen molar-refractivity contribution in [3.8, 4) is 0 Å². The molecule has 2 nitrogen and oxygen atoms in total. The van der Waals surface area contributed by atoms with Crippen LogP contribution in [0.25, 0.3) is 0 Å². The van der Waals surface area contributed by atoms with Gasteiger partial charge in [-0.05, 0) is 73.1 Å². The van der Waals surface area contributed by atoms with E-state index >= 15 is 0 Å². The first-order valence-electron chi connectivity index (χ1n) is 10.1. The van der Waals surface area contributed by atoms with E-state index in [1.165, 1.54) is 32.1 Å². The molecule has 3 rings (SSSR count). The molecule has 1 saturated heterocycles. The summed E-state index contributed by atoms with van der Waals surface area (Å²) in [6, 6.07) is 0. The fourth-order valence-corrected chi connectivity index (χ4v) is 6.78. The molecule has 1 heterocycles. The van der Waals surface area contributed by atoms with Crippen molar-refractivity contribution in [2.45, 2.75) is 78.2 Å². The van der Waals surface area contributed by atoms with Gasteiger partial charge in [0.1, 0.15) is 6.10 Å². The number of ether oxygens (including phenoxy) is 1. The van der Waals surface area contributed by atoms with E-state index in [-0.39, 0.29) is 18.0 Å². The maximum absolute atomic E-state index is 12.0. The van der Waals surface area contributed by atoms with Crippen LogP contribution < -0.4 is 0 Å². The molecule has 140 valence electrons. The molecule has 0 aromatic rings. The summed E-state index contributed by atoms with van der Waals surface area (Å²) in [7, 11) is 0. The third-order valence-electron chi connectivity index (χ3n) is 7.49. The van der Waals surface area contributed by atoms with Crippen molar-refractivity contribution in [2.75, 3.05) is 0 Å². The van der Waals surface area contributed by atoms with E-state index in [9.17, 15) is 4.79 Å². The van der Waals surface area contributed by atoms with Crippen LogP contribution in [0.1, 0.15) is 72.1 Å². The lowest BCUT2D eigenvalue weighted by molar-refractivity contribution is -0.140. The standard InChI is InChI=1S/C22H33BrO2/c1-5-7-17-15(3)21(24)25-20(17)12-14(2)18-9-10-19-16(13-23)8-6-11-22(18,19)4/h13-14,17-20H,3,5-12H2,1-2,4H3/b16-13+/t14-,17-,18-,19+,20+,22-/m1/s1. The fourth-order valence-electron chi connectivity index (χ4n) is 6.23. The highest BCUT2D eigenvalue weighted by molar-refractivity contribution is 9.11. The van der Waals surface area contributed by atoms with Crippen molar-refractivity contribution < 1.29 is 9.53 Å². The fraction of sp³-hybridized carbons (Fsp3) is 0.773. The van der Waals surface area contributed by atoms with E-state index in [1.807, 2.05) is 0 Å². The highest BCUT2D eigenvalue weighted by Gasteiger charge is 2.51. The topological polar surface area (TPSA) is 26.3 Å². The molecular formula is C22H33BrO2. The van der Waals surface area contributed by atoms with Crippen molar-refractivity contribution in [1.29, 1.82) is 0 Å². The van der Waals surface area contributed by atoms with E-state index in [0.29, 0.717) is 16.9 Å². The number of hydrogen-bond donors (Lipinski definition) is 0. The monoisotopic (exact) mass is 408 g/mol. The van der Waals surface area contributed by atoms with Crippen LogP contribution in [0.3, 0.4) is 0 Å². The molecule has 0 unspecified atom stereocenters. The number of carbonyl (C=O) groups is 1. The van der Waals surface area contributed by atoms with Gasteiger partial charge in [-0.15, -0.1) is 0 Å². The van der Waals surface area contributed by atoms with E-state index in [2.05, 4.69) is 48.3 Å². The quantitative estimate of drug-likeness (QED) is 0.388. The van der Waals surface area contributed by atoms with Crippen LogP contribution in [-0.4, -0.2) is 12.1 Å². The lowest BCUT2D eigenvalue weighted by Crippen LogP contribution is -2.37. The van der Waals surface area contributed by atoms with Gasteiger partial charge < -0.3 is 4.74 Å². The number of rotatable bonds is 5. The second-order valence-electron chi connectivity index (χ2n) is 8.86. The van der Waals surface area contributed by atoms with Gasteiger partial charge in [0, 0.05) is 11.5 Å². The average molecular weight is 409 g/mol. The van der Waals surface area contributed by atoms with E-state index < -0.39 is 0 Å². The van der Waals surface area contributed by atoms with Gasteiger partial charge in [-0.1, -0.05) is 55.3 Å². The Balaban J connectivity index is 1.72. The highest BCUT2D eigenvalue weighted by atomic mass is 79.9. The Morgan fingerprint density at radius 2 is 2.20 bits per heavy atom. The third-order valence-corrected chi connectivity index (χ3v) is 8.07. The molecule has 2 aliphatic carbocycles. The Labute approximate surface area is 161 Å². The largest absolute Gasteiger partial charge is 0.458 e. The molecule has 0 aromatic carbocycles. The molecule has 0 spiro atoms. The van der Waals surface area contributed by atoms with Gasteiger partial charge in [-0.3, -0.25) is 0 Å². The summed E-state index contributed by atoms with van der Waals surface area (Å²) in [6.07, 6.45) is 9.67. The Morgan fingerprint density at radius 1 is 1.44 bits per heavy atom. The normalized spacial score (nSPS) is 41.0. The highest BCUT2D eigenvalue weighted by Crippen LogP contribution is 2.60. The second kappa shape index (κ2) is 7.58. The van der Waals surface area contributed by atoms with Crippen LogP contribution in [-0.2, 0) is 9.53 Å². The molecule has 3 heteroatoms. The summed E-state index contributed by atoms with van der Waals surface area (Å²) < 4.78 is 5.72. The van der Waals surface area contributed by atoms with Crippen LogP contribution in [0.2, 0.25) is 0 Å². The molecule has 0 bridgehead atoms. The maximum atomic E-state index is 12.0. The number of fused-ring (bicyclic) bond motifs is 1. The molecule has 1 aliphatic heterocycles. The summed E-state index contributed by atoms with van der Waals surface area (Å²) in [4.78, 5) is 14.2. The van der Waals surface area contributed by atoms with Crippen molar-refractivity contribution >= 4 is 21.9 Å². The second-order valence-corrected chi connectivity index (χ2v) is 9.31. The Morgan fingerprint density at radius 3 is 2.88 bits per heavy atom. The third kappa shape index (κ3) is 3.38. The van der Waals surface area contributed by atoms with Gasteiger partial charge in [0.2, 0.25) is 0 Å². The Bertz CT molecular complexity index is 566. The zero-order valence-electron chi connectivity index (χ0n) is 16.0. The summed E-state index contributed by atoms with van der Waals surface area (Å²) in [6.45, 7) is 11.1. The van der Waals surface area contributed by atoms with Crippen LogP contribution >= 0.6 is 15.9 Å². The van der Waals surface area contributed by atoms with Gasteiger partial charge in [0.15, 0.2) is 0 Å². The molecule has 3 fully saturated rings. The van der Waals surface area contributed by atoms with Crippen molar-refractivity contribution in [1.82, 2.24) is 0 Å². The number of hydrogen-bond acceptors (Lipinski definition) is 2. The van der Waals surface area contributed by atoms with E-state index in [0.717, 1.165) is 31.1 Å². The molecule has 0 aromatic heterocycles. The Hall–Kier alpha value is -0.570. The molecular weight excluding hydrogens is 376 g/mol. The average Bonchev–Trinajstić information content (AvgIpc) is 3.06. The number of cyclic esters (lactones) is 1. The molecule has 0 N–H and O–H groups in total. The lowest BCUT2D eigenvalue weighted by atomic mass is 9.61. The molecule has 0 radical (unpaired) electrons. The maximum Gasteiger partial charge on any atom is 0.334 e. The van der Waals surface area contributed by atoms with Gasteiger partial charge >= 0.3 is 5.97 Å². The first-order valence-corrected chi connectivity index (χ1v) is 11.0. The Kier molecular flexibility index (Phi) is 5.82. The molecule has 3 aliphatic rings. The van der Waals surface area contributed by atoms with Gasteiger partial charge in [-0.25, -0.2) is 4.79 Å². The summed E-state index contributed by atoms with van der Waals surface area (Å²) in [5, 5.41) is 0. The minimum atomic E-state index is -0.159. The van der Waals surface area contributed by atoms with Crippen molar-refractivity contribution in [3.05, 3.63) is 22.7 Å². The van der Waals surface area contributed by atoms with Crippen LogP contribution in [0.4, 0.5) is 0 Å². The van der Waals surface area contributed by atoms with E-state index in [4.69, 9.17) is 4.74 Å². The SMILES string of the molecule is C=C1C(=O)O[C@@H](C[C@@H](C)[C@H]2CC[C@H]3/C(=C/Br)CCC[C@]23C)[C@@H]1CCC. The minimum absolute atomic E-state index is 0.0485. The van der Waals surface area contributed by atoms with Crippen LogP contribution in [0.15, 0.2) is 22.7 Å². The number of carbonyl (C=O) groups excluding carboxylic acids is 1. The number of halogens is 1. The minimum Gasteiger partial charge on any atom is -0.458 e. The van der Waals surface area contributed by atoms with Gasteiger partial charge in [0.05, 0.1) is 0 Å². The molecule has 2 saturated carbocycles. The predicted molar refractivity (Wildman–Crippen MR) is 106 cm³/mol. The zero-order chi connectivity index (χ0) is 18.2. The lowest BCUT2D eigenvalue weighted by Gasteiger charge is -2.44. The first kappa shape index (κ1) is 19.2. The van der Waals surface area contributed by atoms with E-state index in [1.54, 1.807) is 5.57 Å².